The zero-order valence-corrected chi connectivity index (χ0v) is 8.29. The number of pyridine rings is 1. The standard InChI is InChI=1S/C9H11N3O2/c1-5-4-7(14-3)8-10-11-9(13)12(8)6(5)2/h4H,1-3H3,(H,11,13). The highest BCUT2D eigenvalue weighted by Crippen LogP contribution is 2.20. The third-order valence-electron chi connectivity index (χ3n) is 2.37. The van der Waals surface area contributed by atoms with E-state index in [2.05, 4.69) is 10.2 Å². The molecule has 5 heteroatoms. The molecule has 0 amide bonds. The summed E-state index contributed by atoms with van der Waals surface area (Å²) in [6.45, 7) is 3.80. The predicted octanol–water partition coefficient (Wildman–Crippen LogP) is 0.648. The lowest BCUT2D eigenvalue weighted by Gasteiger charge is -2.06. The van der Waals surface area contributed by atoms with E-state index >= 15 is 0 Å². The molecule has 0 aliphatic heterocycles. The second-order valence-corrected chi connectivity index (χ2v) is 3.17. The smallest absolute Gasteiger partial charge is 0.348 e. The van der Waals surface area contributed by atoms with E-state index in [0.717, 1.165) is 11.3 Å². The van der Waals surface area contributed by atoms with E-state index < -0.39 is 0 Å². The first-order valence-electron chi connectivity index (χ1n) is 4.26. The fourth-order valence-corrected chi connectivity index (χ4v) is 1.47. The van der Waals surface area contributed by atoms with Crippen molar-refractivity contribution in [1.29, 1.82) is 0 Å². The minimum absolute atomic E-state index is 0.237. The Labute approximate surface area is 80.3 Å². The van der Waals surface area contributed by atoms with Gasteiger partial charge < -0.3 is 4.74 Å². The first kappa shape index (κ1) is 8.80. The Morgan fingerprint density at radius 1 is 1.50 bits per heavy atom. The number of nitrogens with zero attached hydrogens (tertiary/aromatic N) is 2. The molecule has 0 aliphatic carbocycles. The first-order valence-corrected chi connectivity index (χ1v) is 4.26. The predicted molar refractivity (Wildman–Crippen MR) is 51.8 cm³/mol. The molecule has 0 spiro atoms. The van der Waals surface area contributed by atoms with E-state index in [0.29, 0.717) is 11.4 Å². The molecular formula is C9H11N3O2. The summed E-state index contributed by atoms with van der Waals surface area (Å²) in [6, 6.07) is 1.87. The van der Waals surface area contributed by atoms with Gasteiger partial charge in [0.2, 0.25) is 5.65 Å². The third-order valence-corrected chi connectivity index (χ3v) is 2.37. The van der Waals surface area contributed by atoms with Crippen LogP contribution in [-0.4, -0.2) is 21.7 Å². The number of hydrogen-bond acceptors (Lipinski definition) is 3. The number of hydrogen-bond donors (Lipinski definition) is 1. The van der Waals surface area contributed by atoms with Crippen LogP contribution < -0.4 is 10.4 Å². The number of fused-ring (bicyclic) bond motifs is 1. The van der Waals surface area contributed by atoms with Gasteiger partial charge in [-0.25, -0.2) is 14.3 Å². The van der Waals surface area contributed by atoms with Crippen LogP contribution in [0.1, 0.15) is 11.3 Å². The molecule has 0 unspecified atom stereocenters. The van der Waals surface area contributed by atoms with E-state index in [1.165, 1.54) is 4.40 Å². The van der Waals surface area contributed by atoms with Gasteiger partial charge >= 0.3 is 5.69 Å². The highest BCUT2D eigenvalue weighted by molar-refractivity contribution is 5.55. The summed E-state index contributed by atoms with van der Waals surface area (Å²) in [7, 11) is 1.56. The molecule has 74 valence electrons. The summed E-state index contributed by atoms with van der Waals surface area (Å²) in [6.07, 6.45) is 0. The molecule has 0 saturated heterocycles. The number of methoxy groups -OCH3 is 1. The number of rotatable bonds is 1. The third kappa shape index (κ3) is 1.02. The van der Waals surface area contributed by atoms with E-state index in [1.807, 2.05) is 19.9 Å². The second kappa shape index (κ2) is 2.87. The first-order chi connectivity index (χ1) is 6.65. The van der Waals surface area contributed by atoms with E-state index in [9.17, 15) is 4.79 Å². The van der Waals surface area contributed by atoms with Crippen molar-refractivity contribution in [1.82, 2.24) is 14.6 Å². The molecular weight excluding hydrogens is 182 g/mol. The van der Waals surface area contributed by atoms with Crippen molar-refractivity contribution in [2.45, 2.75) is 13.8 Å². The van der Waals surface area contributed by atoms with Gasteiger partial charge in [-0.05, 0) is 25.5 Å². The van der Waals surface area contributed by atoms with Gasteiger partial charge in [-0.2, -0.15) is 0 Å². The van der Waals surface area contributed by atoms with Crippen LogP contribution in [-0.2, 0) is 0 Å². The molecule has 0 saturated carbocycles. The number of H-pyrrole nitrogens is 1. The summed E-state index contributed by atoms with van der Waals surface area (Å²) in [4.78, 5) is 11.4. The molecule has 0 aromatic carbocycles. The minimum atomic E-state index is -0.237. The van der Waals surface area contributed by atoms with Gasteiger partial charge in [-0.15, -0.1) is 5.10 Å². The molecule has 5 nitrogen and oxygen atoms in total. The van der Waals surface area contributed by atoms with Crippen LogP contribution >= 0.6 is 0 Å². The van der Waals surface area contributed by atoms with Crippen molar-refractivity contribution in [2.75, 3.05) is 7.11 Å². The number of aryl methyl sites for hydroxylation is 2. The zero-order chi connectivity index (χ0) is 10.3. The number of aromatic nitrogens is 3. The van der Waals surface area contributed by atoms with Crippen LogP contribution in [0.4, 0.5) is 0 Å². The van der Waals surface area contributed by atoms with Gasteiger partial charge in [-0.1, -0.05) is 0 Å². The Balaban J connectivity index is 3.00. The summed E-state index contributed by atoms with van der Waals surface area (Å²) in [5.41, 5.74) is 2.16. The molecule has 2 aromatic heterocycles. The second-order valence-electron chi connectivity index (χ2n) is 3.17. The van der Waals surface area contributed by atoms with Crippen molar-refractivity contribution in [2.24, 2.45) is 0 Å². The monoisotopic (exact) mass is 193 g/mol. The molecule has 2 rings (SSSR count). The maximum atomic E-state index is 11.4. The van der Waals surface area contributed by atoms with Crippen molar-refractivity contribution in [3.63, 3.8) is 0 Å². The van der Waals surface area contributed by atoms with Gasteiger partial charge in [0.1, 0.15) is 0 Å². The van der Waals surface area contributed by atoms with Crippen molar-refractivity contribution in [3.05, 3.63) is 27.8 Å². The Hall–Kier alpha value is -1.78. The fourth-order valence-electron chi connectivity index (χ4n) is 1.47. The lowest BCUT2D eigenvalue weighted by Crippen LogP contribution is -2.13. The van der Waals surface area contributed by atoms with Crippen molar-refractivity contribution in [3.8, 4) is 5.75 Å². The average molecular weight is 193 g/mol. The van der Waals surface area contributed by atoms with Crippen LogP contribution in [0, 0.1) is 13.8 Å². The largest absolute Gasteiger partial charge is 0.493 e. The lowest BCUT2D eigenvalue weighted by molar-refractivity contribution is 0.416. The van der Waals surface area contributed by atoms with E-state index in [4.69, 9.17) is 4.74 Å². The maximum Gasteiger partial charge on any atom is 0.348 e. The fraction of sp³-hybridized carbons (Fsp3) is 0.333. The van der Waals surface area contributed by atoms with Crippen molar-refractivity contribution >= 4 is 5.65 Å². The molecule has 14 heavy (non-hydrogen) atoms. The Bertz CT molecular complexity index is 539. The van der Waals surface area contributed by atoms with Crippen molar-refractivity contribution < 1.29 is 4.74 Å². The molecule has 0 radical (unpaired) electrons. The highest BCUT2D eigenvalue weighted by atomic mass is 16.5. The maximum absolute atomic E-state index is 11.4. The SMILES string of the molecule is COc1cc(C)c(C)n2c(=O)[nH]nc12. The highest BCUT2D eigenvalue weighted by Gasteiger charge is 2.10. The number of aromatic amines is 1. The van der Waals surface area contributed by atoms with Crippen LogP contribution in [0.25, 0.3) is 5.65 Å². The lowest BCUT2D eigenvalue weighted by atomic mass is 10.2. The van der Waals surface area contributed by atoms with Crippen LogP contribution in [0.5, 0.6) is 5.75 Å². The average Bonchev–Trinajstić information content (AvgIpc) is 2.54. The topological polar surface area (TPSA) is 59.4 Å². The molecule has 0 bridgehead atoms. The van der Waals surface area contributed by atoms with Crippen LogP contribution in [0.3, 0.4) is 0 Å². The summed E-state index contributed by atoms with van der Waals surface area (Å²) in [5, 5.41) is 6.29. The van der Waals surface area contributed by atoms with Gasteiger partial charge in [0.15, 0.2) is 5.75 Å². The Morgan fingerprint density at radius 3 is 2.86 bits per heavy atom. The van der Waals surface area contributed by atoms with E-state index in [1.54, 1.807) is 7.11 Å². The molecule has 0 atom stereocenters. The van der Waals surface area contributed by atoms with Gasteiger partial charge in [0.25, 0.3) is 0 Å². The molecule has 2 heterocycles. The minimum Gasteiger partial charge on any atom is -0.493 e. The van der Waals surface area contributed by atoms with Crippen LogP contribution in [0.2, 0.25) is 0 Å². The summed E-state index contributed by atoms with van der Waals surface area (Å²) in [5.74, 6) is 0.603. The van der Waals surface area contributed by atoms with Crippen LogP contribution in [0.15, 0.2) is 10.9 Å². The quantitative estimate of drug-likeness (QED) is 0.723. The summed E-state index contributed by atoms with van der Waals surface area (Å²) < 4.78 is 6.64. The van der Waals surface area contributed by atoms with E-state index in [-0.39, 0.29) is 5.69 Å². The molecule has 1 N–H and O–H groups in total. The normalized spacial score (nSPS) is 10.8. The van der Waals surface area contributed by atoms with Gasteiger partial charge in [-0.3, -0.25) is 0 Å². The molecule has 0 aliphatic rings. The summed E-state index contributed by atoms with van der Waals surface area (Å²) >= 11 is 0. The number of ether oxygens (including phenoxy) is 1. The molecule has 0 fully saturated rings. The zero-order valence-electron chi connectivity index (χ0n) is 8.29. The van der Waals surface area contributed by atoms with Gasteiger partial charge in [0.05, 0.1) is 7.11 Å². The Morgan fingerprint density at radius 2 is 2.21 bits per heavy atom. The number of nitrogens with one attached hydrogen (secondary N) is 1. The Kier molecular flexibility index (Phi) is 1.80. The van der Waals surface area contributed by atoms with Gasteiger partial charge in [0, 0.05) is 5.69 Å². The molecule has 2 aromatic rings.